The summed E-state index contributed by atoms with van der Waals surface area (Å²) in [6.45, 7) is 9.04. The van der Waals surface area contributed by atoms with Crippen LogP contribution in [0.1, 0.15) is 41.0 Å². The molecule has 1 amide bonds. The number of aromatic nitrogens is 1. The summed E-state index contributed by atoms with van der Waals surface area (Å²) >= 11 is 3.53. The molecular weight excluding hydrogens is 376 g/mol. The minimum Gasteiger partial charge on any atom is -0.337 e. The molecule has 0 aliphatic rings. The van der Waals surface area contributed by atoms with Gasteiger partial charge in [-0.15, -0.1) is 0 Å². The lowest BCUT2D eigenvalue weighted by Crippen LogP contribution is -2.18. The van der Waals surface area contributed by atoms with Crippen molar-refractivity contribution in [1.82, 2.24) is 4.57 Å². The Morgan fingerprint density at radius 3 is 2.52 bits per heavy atom. The maximum atomic E-state index is 13.0. The molecule has 4 heteroatoms. The van der Waals surface area contributed by atoms with E-state index in [0.29, 0.717) is 0 Å². The maximum Gasteiger partial charge on any atom is 0.272 e. The van der Waals surface area contributed by atoms with Crippen LogP contribution in [0, 0.1) is 13.8 Å². The van der Waals surface area contributed by atoms with Crippen molar-refractivity contribution in [3.05, 3.63) is 63.3 Å². The number of fused-ring (bicyclic) bond motifs is 1. The summed E-state index contributed by atoms with van der Waals surface area (Å²) in [5.41, 5.74) is 6.11. The van der Waals surface area contributed by atoms with Gasteiger partial charge in [0.15, 0.2) is 0 Å². The summed E-state index contributed by atoms with van der Waals surface area (Å²) < 4.78 is 2.99. The van der Waals surface area contributed by atoms with E-state index in [1.807, 2.05) is 32.0 Å². The Morgan fingerprint density at radius 1 is 1.12 bits per heavy atom. The van der Waals surface area contributed by atoms with Crippen molar-refractivity contribution in [3.63, 3.8) is 0 Å². The van der Waals surface area contributed by atoms with E-state index < -0.39 is 0 Å². The second-order valence-electron chi connectivity index (χ2n) is 6.36. The van der Waals surface area contributed by atoms with Gasteiger partial charge >= 0.3 is 0 Å². The van der Waals surface area contributed by atoms with Gasteiger partial charge in [0.25, 0.3) is 5.91 Å². The zero-order chi connectivity index (χ0) is 18.1. The lowest BCUT2D eigenvalue weighted by Gasteiger charge is -2.11. The molecule has 1 aromatic heterocycles. The largest absolute Gasteiger partial charge is 0.337 e. The average molecular weight is 399 g/mol. The van der Waals surface area contributed by atoms with Gasteiger partial charge in [0.2, 0.25) is 0 Å². The molecule has 0 saturated carbocycles. The average Bonchev–Trinajstić information content (AvgIpc) is 2.88. The Labute approximate surface area is 157 Å². The van der Waals surface area contributed by atoms with Gasteiger partial charge in [-0.25, -0.2) is 0 Å². The van der Waals surface area contributed by atoms with Gasteiger partial charge in [0.1, 0.15) is 5.69 Å². The van der Waals surface area contributed by atoms with E-state index in [-0.39, 0.29) is 5.91 Å². The Hall–Kier alpha value is -2.07. The Kier molecular flexibility index (Phi) is 5.00. The lowest BCUT2D eigenvalue weighted by molar-refractivity contribution is 0.101. The first-order chi connectivity index (χ1) is 12.0. The molecule has 0 fully saturated rings. The highest BCUT2D eigenvalue weighted by atomic mass is 79.9. The molecule has 1 heterocycles. The van der Waals surface area contributed by atoms with Gasteiger partial charge < -0.3 is 9.88 Å². The highest BCUT2D eigenvalue weighted by Crippen LogP contribution is 2.29. The molecule has 0 spiro atoms. The minimum atomic E-state index is -0.0712. The van der Waals surface area contributed by atoms with Gasteiger partial charge in [-0.2, -0.15) is 0 Å². The predicted molar refractivity (Wildman–Crippen MR) is 109 cm³/mol. The van der Waals surface area contributed by atoms with Crippen LogP contribution in [-0.4, -0.2) is 10.5 Å². The quantitative estimate of drug-likeness (QED) is 0.586. The van der Waals surface area contributed by atoms with Crippen molar-refractivity contribution in [2.24, 2.45) is 0 Å². The number of nitrogens with zero attached hydrogens (tertiary/aromatic N) is 1. The van der Waals surface area contributed by atoms with E-state index in [2.05, 4.69) is 57.9 Å². The molecule has 3 aromatic rings. The van der Waals surface area contributed by atoms with Gasteiger partial charge in [-0.3, -0.25) is 4.79 Å². The van der Waals surface area contributed by atoms with Crippen LogP contribution >= 0.6 is 15.9 Å². The molecule has 0 atom stereocenters. The van der Waals surface area contributed by atoms with Crippen LogP contribution in [0.4, 0.5) is 5.69 Å². The molecule has 0 aliphatic heterocycles. The summed E-state index contributed by atoms with van der Waals surface area (Å²) in [7, 11) is 0. The van der Waals surface area contributed by atoms with Crippen LogP contribution in [0.15, 0.2) is 40.9 Å². The molecular formula is C21H23BrN2O. The van der Waals surface area contributed by atoms with E-state index in [1.165, 1.54) is 5.56 Å². The molecule has 130 valence electrons. The number of carbonyl (C=O) groups is 1. The molecule has 0 saturated heterocycles. The summed E-state index contributed by atoms with van der Waals surface area (Å²) in [4.78, 5) is 13.0. The molecule has 0 bridgehead atoms. The van der Waals surface area contributed by atoms with Gasteiger partial charge in [0, 0.05) is 21.9 Å². The fourth-order valence-electron chi connectivity index (χ4n) is 3.31. The Morgan fingerprint density at radius 2 is 1.88 bits per heavy atom. The minimum absolute atomic E-state index is 0.0712. The third kappa shape index (κ3) is 3.23. The monoisotopic (exact) mass is 398 g/mol. The van der Waals surface area contributed by atoms with Crippen LogP contribution in [-0.2, 0) is 13.0 Å². The number of hydrogen-bond acceptors (Lipinski definition) is 1. The highest BCUT2D eigenvalue weighted by molar-refractivity contribution is 9.10. The van der Waals surface area contributed by atoms with Crippen LogP contribution in [0.3, 0.4) is 0 Å². The van der Waals surface area contributed by atoms with Crippen molar-refractivity contribution >= 4 is 38.4 Å². The SMILES string of the molecule is CCc1ccc2c(c1)c(C)c(C(=O)Nc1ccc(C)cc1Br)n2CC. The molecule has 0 unspecified atom stereocenters. The topological polar surface area (TPSA) is 34.0 Å². The molecule has 1 N–H and O–H groups in total. The molecule has 25 heavy (non-hydrogen) atoms. The van der Waals surface area contributed by atoms with Crippen molar-refractivity contribution in [2.75, 3.05) is 5.32 Å². The van der Waals surface area contributed by atoms with Gasteiger partial charge in [0.05, 0.1) is 5.69 Å². The first-order valence-electron chi connectivity index (χ1n) is 8.65. The zero-order valence-electron chi connectivity index (χ0n) is 15.1. The van der Waals surface area contributed by atoms with Crippen LogP contribution in [0.2, 0.25) is 0 Å². The lowest BCUT2D eigenvalue weighted by atomic mass is 10.1. The van der Waals surface area contributed by atoms with Crippen LogP contribution in [0.25, 0.3) is 10.9 Å². The molecule has 0 aliphatic carbocycles. The van der Waals surface area contributed by atoms with E-state index in [4.69, 9.17) is 0 Å². The molecule has 0 radical (unpaired) electrons. The summed E-state index contributed by atoms with van der Waals surface area (Å²) in [5, 5.41) is 4.21. The number of hydrogen-bond donors (Lipinski definition) is 1. The number of aryl methyl sites for hydroxylation is 4. The van der Waals surface area contributed by atoms with Gasteiger partial charge in [-0.05, 0) is 84.1 Å². The second-order valence-corrected chi connectivity index (χ2v) is 7.21. The highest BCUT2D eigenvalue weighted by Gasteiger charge is 2.20. The first-order valence-corrected chi connectivity index (χ1v) is 9.44. The Bertz CT molecular complexity index is 956. The van der Waals surface area contributed by atoms with Crippen molar-refractivity contribution in [3.8, 4) is 0 Å². The summed E-state index contributed by atoms with van der Waals surface area (Å²) in [6.07, 6.45) is 0.991. The standard InChI is InChI=1S/C21H23BrN2O/c1-5-15-8-10-19-16(12-15)14(4)20(24(19)6-2)21(25)23-18-9-7-13(3)11-17(18)22/h7-12H,5-6H2,1-4H3,(H,23,25). The van der Waals surface area contributed by atoms with Crippen molar-refractivity contribution in [1.29, 1.82) is 0 Å². The molecule has 3 nitrogen and oxygen atoms in total. The number of amides is 1. The normalized spacial score (nSPS) is 11.1. The predicted octanol–water partition coefficient (Wildman–Crippen LogP) is 5.86. The fourth-order valence-corrected chi connectivity index (χ4v) is 3.91. The number of benzene rings is 2. The van der Waals surface area contributed by atoms with Crippen molar-refractivity contribution < 1.29 is 4.79 Å². The molecule has 3 rings (SSSR count). The number of carbonyl (C=O) groups excluding carboxylic acids is 1. The zero-order valence-corrected chi connectivity index (χ0v) is 16.7. The van der Waals surface area contributed by atoms with E-state index >= 15 is 0 Å². The summed E-state index contributed by atoms with van der Waals surface area (Å²) in [5.74, 6) is -0.0712. The number of anilines is 1. The van der Waals surface area contributed by atoms with Gasteiger partial charge in [-0.1, -0.05) is 19.1 Å². The maximum absolute atomic E-state index is 13.0. The smallest absolute Gasteiger partial charge is 0.272 e. The van der Waals surface area contributed by atoms with E-state index in [1.54, 1.807) is 0 Å². The number of nitrogens with one attached hydrogen (secondary N) is 1. The van der Waals surface area contributed by atoms with Crippen molar-refractivity contribution in [2.45, 2.75) is 40.7 Å². The third-order valence-electron chi connectivity index (χ3n) is 4.69. The second kappa shape index (κ2) is 7.04. The third-order valence-corrected chi connectivity index (χ3v) is 5.35. The van der Waals surface area contributed by atoms with E-state index in [9.17, 15) is 4.79 Å². The Balaban J connectivity index is 2.07. The number of rotatable bonds is 4. The molecule has 2 aromatic carbocycles. The van der Waals surface area contributed by atoms with Crippen LogP contribution in [0.5, 0.6) is 0 Å². The number of halogens is 1. The summed E-state index contributed by atoms with van der Waals surface area (Å²) in [6, 6.07) is 12.4. The fraction of sp³-hybridized carbons (Fsp3) is 0.286. The van der Waals surface area contributed by atoms with Crippen LogP contribution < -0.4 is 5.32 Å². The first kappa shape index (κ1) is 17.7. The van der Waals surface area contributed by atoms with E-state index in [0.717, 1.165) is 50.8 Å².